The Balaban J connectivity index is 1.88. The number of hydrogen-bond donors (Lipinski definition) is 1. The molecular weight excluding hydrogens is 352 g/mol. The second kappa shape index (κ2) is 6.16. The Hall–Kier alpha value is -2.55. The lowest BCUT2D eigenvalue weighted by Gasteiger charge is -2.01. The monoisotopic (exact) mass is 362 g/mol. The Kier molecular flexibility index (Phi) is 4.18. The van der Waals surface area contributed by atoms with Gasteiger partial charge >= 0.3 is 0 Å². The number of halogens is 1. The minimum Gasteiger partial charge on any atom is -0.287 e. The van der Waals surface area contributed by atoms with Crippen LogP contribution in [0.1, 0.15) is 16.1 Å². The molecule has 0 aliphatic rings. The molecule has 7 nitrogen and oxygen atoms in total. The molecule has 24 heavy (non-hydrogen) atoms. The number of carbonyl (C=O) groups excluding carboxylic acids is 1. The number of hydrogen-bond acceptors (Lipinski definition) is 5. The fourth-order valence-corrected chi connectivity index (χ4v) is 2.67. The molecule has 0 saturated carbocycles. The summed E-state index contributed by atoms with van der Waals surface area (Å²) in [6.07, 6.45) is 1.46. The average molecular weight is 363 g/mol. The third-order valence-electron chi connectivity index (χ3n) is 3.26. The fourth-order valence-electron chi connectivity index (χ4n) is 2.03. The molecule has 0 aliphatic heterocycles. The smallest absolute Gasteiger partial charge is 0.238 e. The standard InChI is InChI=1S/C15H11ClN4O3S/c16-11-3-1-10(2-4-11)15(21)14-9-20(19-18-14)12-5-7-13(8-6-12)24(17,22)23/h1-9H,(H2,17,22,23). The molecule has 3 aromatic rings. The zero-order chi connectivity index (χ0) is 17.3. The van der Waals surface area contributed by atoms with Crippen molar-refractivity contribution in [3.63, 3.8) is 0 Å². The highest BCUT2D eigenvalue weighted by Gasteiger charge is 2.14. The van der Waals surface area contributed by atoms with Gasteiger partial charge in [-0.1, -0.05) is 16.8 Å². The van der Waals surface area contributed by atoms with Crippen molar-refractivity contribution in [3.05, 3.63) is 71.0 Å². The van der Waals surface area contributed by atoms with Crippen molar-refractivity contribution in [1.29, 1.82) is 0 Å². The number of aromatic nitrogens is 3. The highest BCUT2D eigenvalue weighted by atomic mass is 35.5. The summed E-state index contributed by atoms with van der Waals surface area (Å²) in [5.74, 6) is -0.293. The zero-order valence-electron chi connectivity index (χ0n) is 12.1. The van der Waals surface area contributed by atoms with Crippen molar-refractivity contribution in [1.82, 2.24) is 15.0 Å². The van der Waals surface area contributed by atoms with Crippen molar-refractivity contribution in [3.8, 4) is 5.69 Å². The normalized spacial score (nSPS) is 11.4. The lowest BCUT2D eigenvalue weighted by molar-refractivity contribution is 0.103. The Labute approximate surface area is 142 Å². The number of sulfonamides is 1. The summed E-state index contributed by atoms with van der Waals surface area (Å²) in [7, 11) is -3.76. The molecule has 0 unspecified atom stereocenters. The van der Waals surface area contributed by atoms with E-state index in [9.17, 15) is 13.2 Å². The predicted molar refractivity (Wildman–Crippen MR) is 87.6 cm³/mol. The van der Waals surface area contributed by atoms with Crippen molar-refractivity contribution >= 4 is 27.4 Å². The first kappa shape index (κ1) is 16.3. The number of primary sulfonamides is 1. The fraction of sp³-hybridized carbons (Fsp3) is 0. The molecule has 2 aromatic carbocycles. The number of nitrogens with zero attached hydrogens (tertiary/aromatic N) is 3. The summed E-state index contributed by atoms with van der Waals surface area (Å²) >= 11 is 5.80. The summed E-state index contributed by atoms with van der Waals surface area (Å²) in [6.45, 7) is 0. The summed E-state index contributed by atoms with van der Waals surface area (Å²) < 4.78 is 23.9. The molecule has 0 spiro atoms. The van der Waals surface area contributed by atoms with Gasteiger partial charge in [-0.15, -0.1) is 5.10 Å². The van der Waals surface area contributed by atoms with Crippen LogP contribution in [-0.4, -0.2) is 29.2 Å². The maximum Gasteiger partial charge on any atom is 0.238 e. The van der Waals surface area contributed by atoms with Crippen LogP contribution in [-0.2, 0) is 10.0 Å². The Morgan fingerprint density at radius 2 is 1.67 bits per heavy atom. The summed E-state index contributed by atoms with van der Waals surface area (Å²) in [5.41, 5.74) is 1.15. The van der Waals surface area contributed by atoms with Gasteiger partial charge in [0.15, 0.2) is 5.69 Å². The van der Waals surface area contributed by atoms with Gasteiger partial charge in [0.25, 0.3) is 0 Å². The van der Waals surface area contributed by atoms with Crippen LogP contribution in [0, 0.1) is 0 Å². The van der Waals surface area contributed by atoms with E-state index < -0.39 is 10.0 Å². The zero-order valence-corrected chi connectivity index (χ0v) is 13.7. The molecule has 2 N–H and O–H groups in total. The van der Waals surface area contributed by atoms with Gasteiger partial charge in [0, 0.05) is 10.6 Å². The largest absolute Gasteiger partial charge is 0.287 e. The number of ketones is 1. The maximum atomic E-state index is 12.3. The maximum absolute atomic E-state index is 12.3. The highest BCUT2D eigenvalue weighted by molar-refractivity contribution is 7.89. The minimum atomic E-state index is -3.76. The van der Waals surface area contributed by atoms with Crippen LogP contribution in [0.4, 0.5) is 0 Å². The molecule has 1 heterocycles. The van der Waals surface area contributed by atoms with Crippen molar-refractivity contribution in [2.45, 2.75) is 4.90 Å². The van der Waals surface area contributed by atoms with Crippen molar-refractivity contribution < 1.29 is 13.2 Å². The number of benzene rings is 2. The van der Waals surface area contributed by atoms with Gasteiger partial charge in [0.2, 0.25) is 15.8 Å². The summed E-state index contributed by atoms with van der Waals surface area (Å²) in [4.78, 5) is 12.3. The van der Waals surface area contributed by atoms with Gasteiger partial charge in [-0.05, 0) is 48.5 Å². The van der Waals surface area contributed by atoms with Gasteiger partial charge in [0.05, 0.1) is 16.8 Å². The van der Waals surface area contributed by atoms with Crippen molar-refractivity contribution in [2.24, 2.45) is 5.14 Å². The van der Waals surface area contributed by atoms with Gasteiger partial charge in [-0.2, -0.15) is 0 Å². The molecule has 0 saturated heterocycles. The quantitative estimate of drug-likeness (QED) is 0.712. The van der Waals surface area contributed by atoms with Gasteiger partial charge in [-0.3, -0.25) is 4.79 Å². The Bertz CT molecular complexity index is 996. The lowest BCUT2D eigenvalue weighted by Crippen LogP contribution is -2.12. The molecule has 0 atom stereocenters. The average Bonchev–Trinajstić information content (AvgIpc) is 3.04. The molecule has 122 valence electrons. The molecule has 0 bridgehead atoms. The molecule has 1 aromatic heterocycles. The van der Waals surface area contributed by atoms with Crippen LogP contribution in [0.15, 0.2) is 59.6 Å². The lowest BCUT2D eigenvalue weighted by atomic mass is 10.1. The first-order chi connectivity index (χ1) is 11.3. The minimum absolute atomic E-state index is 0.0103. The first-order valence-electron chi connectivity index (χ1n) is 6.70. The van der Waals surface area contributed by atoms with Crippen LogP contribution in [0.2, 0.25) is 5.02 Å². The van der Waals surface area contributed by atoms with E-state index in [4.69, 9.17) is 16.7 Å². The van der Waals surface area contributed by atoms with Gasteiger partial charge in [-0.25, -0.2) is 18.2 Å². The first-order valence-corrected chi connectivity index (χ1v) is 8.63. The molecule has 3 rings (SSSR count). The molecule has 0 fully saturated rings. The van der Waals surface area contributed by atoms with Crippen LogP contribution >= 0.6 is 11.6 Å². The third-order valence-corrected chi connectivity index (χ3v) is 4.44. The molecule has 0 radical (unpaired) electrons. The second-order valence-corrected chi connectivity index (χ2v) is 6.92. The molecule has 0 amide bonds. The molecular formula is C15H11ClN4O3S. The van der Waals surface area contributed by atoms with Gasteiger partial charge < -0.3 is 0 Å². The highest BCUT2D eigenvalue weighted by Crippen LogP contribution is 2.15. The van der Waals surface area contributed by atoms with Crippen molar-refractivity contribution in [2.75, 3.05) is 0 Å². The molecule has 9 heteroatoms. The van der Waals surface area contributed by atoms with E-state index in [1.807, 2.05) is 0 Å². The number of carbonyl (C=O) groups is 1. The second-order valence-electron chi connectivity index (χ2n) is 4.92. The molecule has 0 aliphatic carbocycles. The summed E-state index contributed by atoms with van der Waals surface area (Å²) in [6, 6.07) is 12.2. The van der Waals surface area contributed by atoms with Crippen LogP contribution in [0.3, 0.4) is 0 Å². The van der Waals surface area contributed by atoms with E-state index in [-0.39, 0.29) is 16.4 Å². The van der Waals surface area contributed by atoms with Crippen LogP contribution < -0.4 is 5.14 Å². The van der Waals surface area contributed by atoms with E-state index >= 15 is 0 Å². The van der Waals surface area contributed by atoms with Crippen LogP contribution in [0.5, 0.6) is 0 Å². The Morgan fingerprint density at radius 3 is 2.25 bits per heavy atom. The summed E-state index contributed by atoms with van der Waals surface area (Å²) in [5, 5.41) is 13.3. The van der Waals surface area contributed by atoms with E-state index in [2.05, 4.69) is 10.3 Å². The van der Waals surface area contributed by atoms with E-state index in [1.165, 1.54) is 35.1 Å². The van der Waals surface area contributed by atoms with E-state index in [0.29, 0.717) is 16.3 Å². The Morgan fingerprint density at radius 1 is 1.04 bits per heavy atom. The predicted octanol–water partition coefficient (Wildman–Crippen LogP) is 1.80. The number of rotatable bonds is 4. The number of nitrogens with two attached hydrogens (primary N) is 1. The third kappa shape index (κ3) is 3.35. The van der Waals surface area contributed by atoms with Crippen LogP contribution in [0.25, 0.3) is 5.69 Å². The SMILES string of the molecule is NS(=O)(=O)c1ccc(-n2cc(C(=O)c3ccc(Cl)cc3)nn2)cc1. The van der Waals surface area contributed by atoms with E-state index in [1.54, 1.807) is 24.3 Å². The van der Waals surface area contributed by atoms with Gasteiger partial charge in [0.1, 0.15) is 0 Å². The topological polar surface area (TPSA) is 108 Å². The van der Waals surface area contributed by atoms with E-state index in [0.717, 1.165) is 0 Å².